The van der Waals surface area contributed by atoms with Crippen LogP contribution in [0, 0.1) is 5.82 Å². The number of methoxy groups -OCH3 is 1. The van der Waals surface area contributed by atoms with Crippen LogP contribution in [0.5, 0.6) is 5.75 Å². The molecular formula is C18H23FNOS+. The van der Waals surface area contributed by atoms with Crippen LogP contribution in [0.4, 0.5) is 4.39 Å². The lowest BCUT2D eigenvalue weighted by molar-refractivity contribution is -0.695. The summed E-state index contributed by atoms with van der Waals surface area (Å²) in [6.45, 7) is 7.12. The highest BCUT2D eigenvalue weighted by Gasteiger charge is 2.19. The smallest absolute Gasteiger partial charge is 0.185 e. The predicted molar refractivity (Wildman–Crippen MR) is 89.9 cm³/mol. The molecule has 0 bridgehead atoms. The average molecular weight is 320 g/mol. The molecule has 1 heterocycles. The summed E-state index contributed by atoms with van der Waals surface area (Å²) in [5.41, 5.74) is 1.46. The van der Waals surface area contributed by atoms with Crippen LogP contribution in [-0.2, 0) is 6.54 Å². The van der Waals surface area contributed by atoms with E-state index in [0.717, 1.165) is 24.3 Å². The van der Waals surface area contributed by atoms with Crippen molar-refractivity contribution in [1.29, 1.82) is 0 Å². The number of hydrogen-bond acceptors (Lipinski definition) is 2. The van der Waals surface area contributed by atoms with Gasteiger partial charge in [0.05, 0.1) is 12.7 Å². The van der Waals surface area contributed by atoms with Crippen molar-refractivity contribution >= 4 is 11.8 Å². The fraction of sp³-hybridized carbons (Fsp3) is 0.389. The lowest BCUT2D eigenvalue weighted by atomic mass is 10.1. The zero-order valence-electron chi connectivity index (χ0n) is 13.6. The van der Waals surface area contributed by atoms with E-state index in [1.807, 2.05) is 41.2 Å². The molecule has 0 aliphatic rings. The van der Waals surface area contributed by atoms with Gasteiger partial charge < -0.3 is 4.74 Å². The molecule has 1 aromatic carbocycles. The molecule has 0 saturated heterocycles. The largest absolute Gasteiger partial charge is 0.497 e. The number of ether oxygens (including phenoxy) is 1. The summed E-state index contributed by atoms with van der Waals surface area (Å²) >= 11 is 1.59. The van der Waals surface area contributed by atoms with E-state index in [1.54, 1.807) is 18.9 Å². The molecule has 0 spiro atoms. The Morgan fingerprint density at radius 1 is 1.27 bits per heavy atom. The summed E-state index contributed by atoms with van der Waals surface area (Å²) in [6.07, 6.45) is 4.78. The lowest BCUT2D eigenvalue weighted by Crippen LogP contribution is -2.32. The first kappa shape index (κ1) is 16.8. The highest BCUT2D eigenvalue weighted by molar-refractivity contribution is 7.99. The molecule has 2 rings (SSSR count). The maximum Gasteiger partial charge on any atom is 0.185 e. The number of thioether (sulfide) groups is 1. The average Bonchev–Trinajstić information content (AvgIpc) is 2.56. The van der Waals surface area contributed by atoms with Crippen LogP contribution in [0.1, 0.15) is 27.2 Å². The molecule has 0 saturated carbocycles. The van der Waals surface area contributed by atoms with Gasteiger partial charge in [0.1, 0.15) is 17.2 Å². The molecule has 0 amide bonds. The van der Waals surface area contributed by atoms with Crippen molar-refractivity contribution in [2.45, 2.75) is 43.9 Å². The highest BCUT2D eigenvalue weighted by Crippen LogP contribution is 2.33. The van der Waals surface area contributed by atoms with Crippen LogP contribution in [0.3, 0.4) is 0 Å². The second-order valence-corrected chi connectivity index (χ2v) is 6.73. The van der Waals surface area contributed by atoms with Crippen LogP contribution in [-0.4, -0.2) is 12.4 Å². The van der Waals surface area contributed by atoms with E-state index in [-0.39, 0.29) is 5.82 Å². The summed E-state index contributed by atoms with van der Waals surface area (Å²) < 4.78 is 22.2. The summed E-state index contributed by atoms with van der Waals surface area (Å²) in [7, 11) is 1.62. The van der Waals surface area contributed by atoms with E-state index in [0.29, 0.717) is 15.7 Å². The van der Waals surface area contributed by atoms with Crippen molar-refractivity contribution in [2.75, 3.05) is 7.11 Å². The Balaban J connectivity index is 2.51. The van der Waals surface area contributed by atoms with Gasteiger partial charge in [-0.15, -0.1) is 11.8 Å². The fourth-order valence-corrected chi connectivity index (χ4v) is 3.17. The summed E-state index contributed by atoms with van der Waals surface area (Å²) in [6, 6.07) is 7.54. The molecule has 0 radical (unpaired) electrons. The zero-order chi connectivity index (χ0) is 16.1. The number of nitrogens with zero attached hydrogens (tertiary/aromatic N) is 1. The minimum absolute atomic E-state index is 0.150. The van der Waals surface area contributed by atoms with Gasteiger partial charge in [-0.2, -0.15) is 0 Å². The molecule has 0 N–H and O–H groups in total. The van der Waals surface area contributed by atoms with Crippen LogP contribution >= 0.6 is 11.8 Å². The quantitative estimate of drug-likeness (QED) is 0.565. The number of hydrogen-bond donors (Lipinski definition) is 0. The standard InChI is InChI=1S/C18H23FNOS/c1-5-13(3)22-17-12-20(6-2)11-16(18(17)19)14-8-7-9-15(10-14)21-4/h7-13H,5-6H2,1-4H3/q+1. The number of aromatic nitrogens is 1. The molecule has 1 aromatic heterocycles. The van der Waals surface area contributed by atoms with Crippen LogP contribution in [0.25, 0.3) is 11.1 Å². The van der Waals surface area contributed by atoms with E-state index < -0.39 is 0 Å². The van der Waals surface area contributed by atoms with E-state index >= 15 is 0 Å². The summed E-state index contributed by atoms with van der Waals surface area (Å²) in [5.74, 6) is 0.586. The first-order valence-corrected chi connectivity index (χ1v) is 8.50. The molecular weight excluding hydrogens is 297 g/mol. The molecule has 2 nitrogen and oxygen atoms in total. The number of halogens is 1. The third kappa shape index (κ3) is 3.80. The lowest BCUT2D eigenvalue weighted by Gasteiger charge is -2.11. The van der Waals surface area contributed by atoms with Crippen molar-refractivity contribution in [2.24, 2.45) is 0 Å². The summed E-state index contributed by atoms with van der Waals surface area (Å²) in [4.78, 5) is 0.705. The maximum atomic E-state index is 14.9. The van der Waals surface area contributed by atoms with Gasteiger partial charge in [0.2, 0.25) is 0 Å². The van der Waals surface area contributed by atoms with Crippen molar-refractivity contribution in [3.05, 3.63) is 42.5 Å². The molecule has 0 fully saturated rings. The van der Waals surface area contributed by atoms with Gasteiger partial charge in [-0.3, -0.25) is 0 Å². The Hall–Kier alpha value is -1.55. The molecule has 1 unspecified atom stereocenters. The van der Waals surface area contributed by atoms with Gasteiger partial charge in [0.25, 0.3) is 0 Å². The Bertz CT molecular complexity index is 645. The minimum Gasteiger partial charge on any atom is -0.497 e. The number of benzene rings is 1. The third-order valence-corrected chi connectivity index (χ3v) is 4.95. The van der Waals surface area contributed by atoms with E-state index in [9.17, 15) is 4.39 Å². The molecule has 22 heavy (non-hydrogen) atoms. The molecule has 0 aliphatic heterocycles. The molecule has 118 valence electrons. The van der Waals surface area contributed by atoms with Gasteiger partial charge in [0.15, 0.2) is 18.2 Å². The van der Waals surface area contributed by atoms with Crippen molar-refractivity contribution in [1.82, 2.24) is 0 Å². The normalized spacial score (nSPS) is 12.2. The maximum absolute atomic E-state index is 14.9. The van der Waals surface area contributed by atoms with E-state index in [2.05, 4.69) is 20.8 Å². The predicted octanol–water partition coefficient (Wildman–Crippen LogP) is 4.70. The molecule has 2 aromatic rings. The van der Waals surface area contributed by atoms with Crippen molar-refractivity contribution < 1.29 is 13.7 Å². The SMILES string of the molecule is CCC(C)Sc1c[n+](CC)cc(-c2cccc(OC)c2)c1F. The number of rotatable bonds is 6. The first-order chi connectivity index (χ1) is 10.6. The Labute approximate surface area is 136 Å². The monoisotopic (exact) mass is 320 g/mol. The summed E-state index contributed by atoms with van der Waals surface area (Å²) in [5, 5.41) is 0.389. The second-order valence-electron chi connectivity index (χ2n) is 5.25. The zero-order valence-corrected chi connectivity index (χ0v) is 14.4. The topological polar surface area (TPSA) is 13.1 Å². The number of aryl methyl sites for hydroxylation is 1. The Kier molecular flexibility index (Phi) is 5.83. The van der Waals surface area contributed by atoms with Gasteiger partial charge >= 0.3 is 0 Å². The first-order valence-electron chi connectivity index (χ1n) is 7.62. The molecule has 4 heteroatoms. The fourth-order valence-electron chi connectivity index (χ4n) is 2.16. The van der Waals surface area contributed by atoms with Gasteiger partial charge in [-0.05, 0) is 31.0 Å². The Morgan fingerprint density at radius 2 is 2.05 bits per heavy atom. The van der Waals surface area contributed by atoms with Crippen molar-refractivity contribution in [3.63, 3.8) is 0 Å². The van der Waals surface area contributed by atoms with Gasteiger partial charge in [-0.25, -0.2) is 8.96 Å². The van der Waals surface area contributed by atoms with E-state index in [1.165, 1.54) is 0 Å². The Morgan fingerprint density at radius 3 is 2.68 bits per heavy atom. The van der Waals surface area contributed by atoms with Crippen LogP contribution < -0.4 is 9.30 Å². The molecule has 1 atom stereocenters. The number of pyridine rings is 1. The van der Waals surface area contributed by atoms with Gasteiger partial charge in [0, 0.05) is 5.25 Å². The van der Waals surface area contributed by atoms with Crippen molar-refractivity contribution in [3.8, 4) is 16.9 Å². The highest BCUT2D eigenvalue weighted by atomic mass is 32.2. The van der Waals surface area contributed by atoms with Gasteiger partial charge in [-0.1, -0.05) is 26.0 Å². The molecule has 0 aliphatic carbocycles. The second kappa shape index (κ2) is 7.63. The van der Waals surface area contributed by atoms with E-state index in [4.69, 9.17) is 4.74 Å². The minimum atomic E-state index is -0.150. The third-order valence-electron chi connectivity index (χ3n) is 3.68. The van der Waals surface area contributed by atoms with Crippen LogP contribution in [0.2, 0.25) is 0 Å². The van der Waals surface area contributed by atoms with Crippen LogP contribution in [0.15, 0.2) is 41.6 Å².